The summed E-state index contributed by atoms with van der Waals surface area (Å²) in [6.07, 6.45) is 2.25. The molecule has 2 atom stereocenters. The molecule has 2 nitrogen and oxygen atoms in total. The van der Waals surface area contributed by atoms with Gasteiger partial charge >= 0.3 is 0 Å². The smallest absolute Gasteiger partial charge is 0.271 e. The third kappa shape index (κ3) is 5.99. The molecular weight excluding hydrogens is 344 g/mol. The molecule has 2 unspecified atom stereocenters. The highest BCUT2D eigenvalue weighted by Crippen LogP contribution is 2.20. The number of allylic oxidation sites excluding steroid dienone is 1. The Labute approximate surface area is 91.1 Å². The lowest BCUT2D eigenvalue weighted by Crippen LogP contribution is -2.12. The Morgan fingerprint density at radius 2 is 1.91 bits per heavy atom. The van der Waals surface area contributed by atoms with Gasteiger partial charge in [0, 0.05) is 16.2 Å². The number of aliphatic hydroxyl groups is 2. The fourth-order valence-electron chi connectivity index (χ4n) is 0.510. The maximum Gasteiger partial charge on any atom is 0.271 e. The van der Waals surface area contributed by atoms with Gasteiger partial charge < -0.3 is 10.2 Å². The minimum Gasteiger partial charge on any atom is -0.481 e. The third-order valence-corrected chi connectivity index (χ3v) is 4.14. The highest BCUT2D eigenvalue weighted by atomic mass is 79.9. The van der Waals surface area contributed by atoms with Crippen molar-refractivity contribution < 1.29 is 10.2 Å². The predicted octanol–water partition coefficient (Wildman–Crippen LogP) is 3.26. The second kappa shape index (κ2) is 6.31. The summed E-state index contributed by atoms with van der Waals surface area (Å²) in [5.41, 5.74) is 0. The zero-order chi connectivity index (χ0) is 8.85. The number of hydrogen-bond acceptors (Lipinski definition) is 2. The van der Waals surface area contributed by atoms with Crippen LogP contribution >= 0.6 is 47.8 Å². The zero-order valence-corrected chi connectivity index (χ0v) is 10.4. The van der Waals surface area contributed by atoms with Crippen molar-refractivity contribution in [2.45, 2.75) is 16.1 Å². The van der Waals surface area contributed by atoms with Crippen molar-refractivity contribution in [1.82, 2.24) is 0 Å². The van der Waals surface area contributed by atoms with Gasteiger partial charge in [0.25, 0.3) is 5.95 Å². The molecule has 0 saturated heterocycles. The second-order valence-electron chi connectivity index (χ2n) is 1.96. The molecule has 0 aliphatic carbocycles. The summed E-state index contributed by atoms with van der Waals surface area (Å²) in [7, 11) is 0. The van der Waals surface area contributed by atoms with E-state index in [1.165, 1.54) is 6.08 Å². The van der Waals surface area contributed by atoms with Crippen LogP contribution in [0.4, 0.5) is 0 Å². The van der Waals surface area contributed by atoms with Gasteiger partial charge in [0.15, 0.2) is 0 Å². The van der Waals surface area contributed by atoms with Gasteiger partial charge in [-0.15, -0.1) is 0 Å². The van der Waals surface area contributed by atoms with E-state index in [0.29, 0.717) is 0 Å². The van der Waals surface area contributed by atoms with Crippen LogP contribution in [-0.4, -0.2) is 25.2 Å². The fraction of sp³-hybridized carbons (Fsp3) is 0.667. The van der Waals surface area contributed by atoms with Gasteiger partial charge in [-0.2, -0.15) is 0 Å². The highest BCUT2D eigenvalue weighted by molar-refractivity contribution is 9.12. The molecule has 0 radical (unpaired) electrons. The Bertz CT molecular complexity index is 134. The topological polar surface area (TPSA) is 40.5 Å². The van der Waals surface area contributed by atoms with Crippen LogP contribution in [0.5, 0.6) is 0 Å². The molecule has 0 amide bonds. The van der Waals surface area contributed by atoms with E-state index >= 15 is 0 Å². The van der Waals surface area contributed by atoms with Gasteiger partial charge in [0.2, 0.25) is 0 Å². The fourth-order valence-corrected chi connectivity index (χ4v) is 2.50. The molecule has 0 fully saturated rings. The third-order valence-electron chi connectivity index (χ3n) is 1.04. The van der Waals surface area contributed by atoms with Gasteiger partial charge in [-0.1, -0.05) is 47.8 Å². The summed E-state index contributed by atoms with van der Waals surface area (Å²) >= 11 is 9.96. The van der Waals surface area contributed by atoms with Gasteiger partial charge in [0.05, 0.1) is 4.83 Å². The van der Waals surface area contributed by atoms with E-state index in [0.717, 1.165) is 11.8 Å². The summed E-state index contributed by atoms with van der Waals surface area (Å²) < 4.78 is 0. The molecule has 0 aromatic carbocycles. The first-order valence-corrected chi connectivity index (χ1v) is 5.97. The second-order valence-corrected chi connectivity index (χ2v) is 4.99. The lowest BCUT2D eigenvalue weighted by Gasteiger charge is -2.10. The van der Waals surface area contributed by atoms with Crippen LogP contribution in [0.25, 0.3) is 0 Å². The first-order chi connectivity index (χ1) is 5.07. The maximum atomic E-state index is 8.49. The van der Waals surface area contributed by atoms with Crippen molar-refractivity contribution in [1.29, 1.82) is 0 Å². The molecule has 5 heteroatoms. The standard InChI is InChI=1S/C6H9Br3O2/c7-2-1-4(8)5(9)3-6(10)11/h3-5,10-11H,1-2H2. The predicted molar refractivity (Wildman–Crippen MR) is 57.2 cm³/mol. The van der Waals surface area contributed by atoms with Crippen LogP contribution in [0.1, 0.15) is 6.42 Å². The summed E-state index contributed by atoms with van der Waals surface area (Å²) in [6.45, 7) is 0. The van der Waals surface area contributed by atoms with Crippen molar-refractivity contribution in [3.8, 4) is 0 Å². The van der Waals surface area contributed by atoms with Crippen LogP contribution in [0, 0.1) is 0 Å². The Kier molecular flexibility index (Phi) is 6.76. The van der Waals surface area contributed by atoms with Crippen molar-refractivity contribution in [3.05, 3.63) is 12.0 Å². The Balaban J connectivity index is 3.82. The number of halogens is 3. The van der Waals surface area contributed by atoms with E-state index in [4.69, 9.17) is 10.2 Å². The molecule has 0 aliphatic rings. The summed E-state index contributed by atoms with van der Waals surface area (Å²) in [5, 5.41) is 17.9. The molecular formula is C6H9Br3O2. The molecule has 0 aliphatic heterocycles. The molecule has 0 aromatic heterocycles. The van der Waals surface area contributed by atoms with Crippen molar-refractivity contribution in [3.63, 3.8) is 0 Å². The number of rotatable bonds is 4. The van der Waals surface area contributed by atoms with Crippen molar-refractivity contribution in [2.75, 3.05) is 5.33 Å². The molecule has 0 aromatic rings. The van der Waals surface area contributed by atoms with Crippen LogP contribution in [-0.2, 0) is 0 Å². The van der Waals surface area contributed by atoms with E-state index in [9.17, 15) is 0 Å². The average molecular weight is 353 g/mol. The van der Waals surface area contributed by atoms with E-state index in [1.54, 1.807) is 0 Å². The van der Waals surface area contributed by atoms with E-state index in [2.05, 4.69) is 47.8 Å². The lowest BCUT2D eigenvalue weighted by molar-refractivity contribution is 0.189. The molecule has 0 bridgehead atoms. The van der Waals surface area contributed by atoms with Crippen LogP contribution in [0.3, 0.4) is 0 Å². The molecule has 0 spiro atoms. The highest BCUT2D eigenvalue weighted by Gasteiger charge is 2.13. The van der Waals surface area contributed by atoms with E-state index in [-0.39, 0.29) is 9.65 Å². The zero-order valence-electron chi connectivity index (χ0n) is 5.67. The molecule has 0 rings (SSSR count). The van der Waals surface area contributed by atoms with Crippen LogP contribution in [0.2, 0.25) is 0 Å². The molecule has 11 heavy (non-hydrogen) atoms. The lowest BCUT2D eigenvalue weighted by atomic mass is 10.2. The summed E-state index contributed by atoms with van der Waals surface area (Å²) in [4.78, 5) is 0.154. The van der Waals surface area contributed by atoms with Crippen LogP contribution in [0.15, 0.2) is 12.0 Å². The molecule has 0 saturated carbocycles. The Hall–Kier alpha value is 0.780. The summed E-state index contributed by atoms with van der Waals surface area (Å²) in [5.74, 6) is -0.647. The van der Waals surface area contributed by atoms with E-state index < -0.39 is 5.95 Å². The monoisotopic (exact) mass is 350 g/mol. The largest absolute Gasteiger partial charge is 0.481 e. The van der Waals surface area contributed by atoms with Crippen molar-refractivity contribution >= 4 is 47.8 Å². The number of alkyl halides is 3. The Morgan fingerprint density at radius 3 is 2.27 bits per heavy atom. The Morgan fingerprint density at radius 1 is 1.36 bits per heavy atom. The normalized spacial score (nSPS) is 15.5. The number of aliphatic hydroxyl groups excluding tert-OH is 1. The molecule has 0 heterocycles. The van der Waals surface area contributed by atoms with Gasteiger partial charge in [-0.3, -0.25) is 0 Å². The number of hydrogen-bond donors (Lipinski definition) is 2. The van der Waals surface area contributed by atoms with Crippen LogP contribution < -0.4 is 0 Å². The first-order valence-electron chi connectivity index (χ1n) is 3.01. The van der Waals surface area contributed by atoms with Gasteiger partial charge in [0.1, 0.15) is 0 Å². The minimum absolute atomic E-state index is 0.0509. The SMILES string of the molecule is OC(O)=CC(Br)C(Br)CCBr. The molecule has 2 N–H and O–H groups in total. The van der Waals surface area contributed by atoms with Crippen molar-refractivity contribution in [2.24, 2.45) is 0 Å². The first kappa shape index (κ1) is 11.8. The average Bonchev–Trinajstić information content (AvgIpc) is 1.86. The van der Waals surface area contributed by atoms with E-state index in [1.807, 2.05) is 0 Å². The van der Waals surface area contributed by atoms with Gasteiger partial charge in [-0.05, 0) is 6.42 Å². The molecule has 66 valence electrons. The summed E-state index contributed by atoms with van der Waals surface area (Å²) in [6, 6.07) is 0. The quantitative estimate of drug-likeness (QED) is 0.602. The van der Waals surface area contributed by atoms with Gasteiger partial charge in [-0.25, -0.2) is 0 Å². The minimum atomic E-state index is -0.647. The maximum absolute atomic E-state index is 8.49.